The van der Waals surface area contributed by atoms with Crippen LogP contribution in [-0.2, 0) is 4.79 Å². The van der Waals surface area contributed by atoms with Crippen LogP contribution in [0.4, 0.5) is 5.69 Å². The number of hydrogen-bond donors (Lipinski definition) is 2. The van der Waals surface area contributed by atoms with E-state index < -0.39 is 0 Å². The van der Waals surface area contributed by atoms with Crippen LogP contribution < -0.4 is 10.6 Å². The van der Waals surface area contributed by atoms with Gasteiger partial charge in [0.2, 0.25) is 6.41 Å². The van der Waals surface area contributed by atoms with E-state index in [4.69, 9.17) is 0 Å². The molecule has 0 aliphatic heterocycles. The van der Waals surface area contributed by atoms with E-state index in [-0.39, 0.29) is 0 Å². The number of nitrogens with one attached hydrogen (secondary N) is 2. The molecule has 0 aliphatic rings. The minimum Gasteiger partial charge on any atom is -0.383 e. The molecule has 0 bridgehead atoms. The third kappa shape index (κ3) is 3.05. The minimum absolute atomic E-state index is 0.651. The Labute approximate surface area is 71.8 Å². The van der Waals surface area contributed by atoms with Crippen molar-refractivity contribution in [1.82, 2.24) is 5.32 Å². The topological polar surface area (TPSA) is 41.1 Å². The summed E-state index contributed by atoms with van der Waals surface area (Å²) in [5.41, 5.74) is 1.07. The first-order valence-corrected chi connectivity index (χ1v) is 3.89. The second-order valence-electron chi connectivity index (χ2n) is 2.36. The van der Waals surface area contributed by atoms with Crippen molar-refractivity contribution < 1.29 is 4.79 Å². The van der Waals surface area contributed by atoms with Gasteiger partial charge in [-0.2, -0.15) is 0 Å². The van der Waals surface area contributed by atoms with Crippen molar-refractivity contribution in [2.75, 3.05) is 18.4 Å². The summed E-state index contributed by atoms with van der Waals surface area (Å²) in [6.07, 6.45) is 0.701. The van der Waals surface area contributed by atoms with E-state index in [2.05, 4.69) is 10.6 Å². The summed E-state index contributed by atoms with van der Waals surface area (Å²) in [4.78, 5) is 9.88. The average Bonchev–Trinajstić information content (AvgIpc) is 2.14. The van der Waals surface area contributed by atoms with Crippen LogP contribution in [0.1, 0.15) is 0 Å². The van der Waals surface area contributed by atoms with Gasteiger partial charge in [-0.25, -0.2) is 0 Å². The van der Waals surface area contributed by atoms with Crippen LogP contribution in [0, 0.1) is 0 Å². The molecule has 3 heteroatoms. The zero-order valence-electron chi connectivity index (χ0n) is 6.79. The summed E-state index contributed by atoms with van der Waals surface area (Å²) in [5, 5.41) is 5.73. The van der Waals surface area contributed by atoms with Gasteiger partial charge in [0.1, 0.15) is 0 Å². The van der Waals surface area contributed by atoms with Gasteiger partial charge < -0.3 is 10.6 Å². The fraction of sp³-hybridized carbons (Fsp3) is 0.222. The molecular weight excluding hydrogens is 152 g/mol. The first kappa shape index (κ1) is 8.59. The Kier molecular flexibility index (Phi) is 3.71. The fourth-order valence-corrected chi connectivity index (χ4v) is 0.894. The molecule has 0 radical (unpaired) electrons. The molecule has 12 heavy (non-hydrogen) atoms. The van der Waals surface area contributed by atoms with Gasteiger partial charge in [-0.15, -0.1) is 0 Å². The van der Waals surface area contributed by atoms with Gasteiger partial charge in [0.15, 0.2) is 0 Å². The second-order valence-corrected chi connectivity index (χ2v) is 2.36. The van der Waals surface area contributed by atoms with Crippen molar-refractivity contribution in [3.8, 4) is 0 Å². The van der Waals surface area contributed by atoms with E-state index in [0.29, 0.717) is 13.0 Å². The Morgan fingerprint density at radius 1 is 1.17 bits per heavy atom. The lowest BCUT2D eigenvalue weighted by Crippen LogP contribution is -2.20. The number of rotatable bonds is 5. The molecule has 0 aromatic heterocycles. The summed E-state index contributed by atoms with van der Waals surface area (Å²) in [6.45, 7) is 1.40. The Morgan fingerprint density at radius 3 is 2.58 bits per heavy atom. The van der Waals surface area contributed by atoms with Crippen LogP contribution in [0.5, 0.6) is 0 Å². The summed E-state index contributed by atoms with van der Waals surface area (Å²) < 4.78 is 0. The van der Waals surface area contributed by atoms with E-state index >= 15 is 0 Å². The first-order valence-electron chi connectivity index (χ1n) is 3.89. The maximum absolute atomic E-state index is 9.88. The molecule has 2 N–H and O–H groups in total. The summed E-state index contributed by atoms with van der Waals surface area (Å²) in [6, 6.07) is 9.88. The molecule has 0 atom stereocenters. The highest BCUT2D eigenvalue weighted by Gasteiger charge is 1.86. The standard InChI is InChI=1S/C9H12N2O/c12-8-10-6-7-11-9-4-2-1-3-5-9/h1-5,8,11H,6-7H2,(H,10,12). The van der Waals surface area contributed by atoms with Crippen molar-refractivity contribution in [2.45, 2.75) is 0 Å². The van der Waals surface area contributed by atoms with E-state index in [1.807, 2.05) is 30.3 Å². The molecule has 1 aromatic rings. The lowest BCUT2D eigenvalue weighted by molar-refractivity contribution is -0.109. The lowest BCUT2D eigenvalue weighted by atomic mass is 10.3. The predicted molar refractivity (Wildman–Crippen MR) is 49.0 cm³/mol. The SMILES string of the molecule is O=CNCCNc1ccccc1. The molecule has 0 unspecified atom stereocenters. The Balaban J connectivity index is 2.20. The predicted octanol–water partition coefficient (Wildman–Crippen LogP) is 0.844. The van der Waals surface area contributed by atoms with Crippen molar-refractivity contribution >= 4 is 12.1 Å². The van der Waals surface area contributed by atoms with Crippen LogP contribution in [0.2, 0.25) is 0 Å². The number of carbonyl (C=O) groups excluding carboxylic acids is 1. The number of hydrogen-bond acceptors (Lipinski definition) is 2. The molecule has 0 spiro atoms. The van der Waals surface area contributed by atoms with Crippen molar-refractivity contribution in [3.05, 3.63) is 30.3 Å². The molecule has 0 aliphatic carbocycles. The highest BCUT2D eigenvalue weighted by molar-refractivity contribution is 5.46. The number of benzene rings is 1. The maximum Gasteiger partial charge on any atom is 0.207 e. The smallest absolute Gasteiger partial charge is 0.207 e. The van der Waals surface area contributed by atoms with E-state index in [9.17, 15) is 4.79 Å². The molecule has 0 saturated carbocycles. The molecule has 3 nitrogen and oxygen atoms in total. The summed E-state index contributed by atoms with van der Waals surface area (Å²) in [7, 11) is 0. The van der Waals surface area contributed by atoms with Gasteiger partial charge in [0.05, 0.1) is 0 Å². The molecule has 0 heterocycles. The van der Waals surface area contributed by atoms with Crippen molar-refractivity contribution in [2.24, 2.45) is 0 Å². The molecular formula is C9H12N2O. The summed E-state index contributed by atoms with van der Waals surface area (Å²) >= 11 is 0. The quantitative estimate of drug-likeness (QED) is 0.500. The molecule has 0 fully saturated rings. The van der Waals surface area contributed by atoms with Gasteiger partial charge in [-0.05, 0) is 12.1 Å². The van der Waals surface area contributed by atoms with Gasteiger partial charge >= 0.3 is 0 Å². The minimum atomic E-state index is 0.651. The van der Waals surface area contributed by atoms with E-state index in [0.717, 1.165) is 12.2 Å². The highest BCUT2D eigenvalue weighted by atomic mass is 16.1. The first-order chi connectivity index (χ1) is 5.93. The van der Waals surface area contributed by atoms with Gasteiger partial charge in [0.25, 0.3) is 0 Å². The zero-order chi connectivity index (χ0) is 8.65. The van der Waals surface area contributed by atoms with Crippen LogP contribution in [0.15, 0.2) is 30.3 Å². The van der Waals surface area contributed by atoms with Crippen LogP contribution in [-0.4, -0.2) is 19.5 Å². The Morgan fingerprint density at radius 2 is 1.92 bits per heavy atom. The monoisotopic (exact) mass is 164 g/mol. The van der Waals surface area contributed by atoms with Crippen LogP contribution in [0.25, 0.3) is 0 Å². The average molecular weight is 164 g/mol. The fourth-order valence-electron chi connectivity index (χ4n) is 0.894. The Bertz CT molecular complexity index is 223. The Hall–Kier alpha value is -1.51. The molecule has 1 aromatic carbocycles. The van der Waals surface area contributed by atoms with Crippen molar-refractivity contribution in [1.29, 1.82) is 0 Å². The maximum atomic E-state index is 9.88. The van der Waals surface area contributed by atoms with Crippen LogP contribution in [0.3, 0.4) is 0 Å². The number of carbonyl (C=O) groups is 1. The van der Waals surface area contributed by atoms with E-state index in [1.165, 1.54) is 0 Å². The molecule has 1 amide bonds. The summed E-state index contributed by atoms with van der Waals surface area (Å²) in [5.74, 6) is 0. The second kappa shape index (κ2) is 5.18. The van der Waals surface area contributed by atoms with Gasteiger partial charge in [-0.3, -0.25) is 4.79 Å². The number of anilines is 1. The third-order valence-corrected chi connectivity index (χ3v) is 1.46. The molecule has 64 valence electrons. The zero-order valence-corrected chi connectivity index (χ0v) is 6.79. The molecule has 1 rings (SSSR count). The largest absolute Gasteiger partial charge is 0.383 e. The lowest BCUT2D eigenvalue weighted by Gasteiger charge is -2.04. The van der Waals surface area contributed by atoms with Gasteiger partial charge in [0, 0.05) is 18.8 Å². The number of para-hydroxylation sites is 1. The highest BCUT2D eigenvalue weighted by Crippen LogP contribution is 2.02. The number of amides is 1. The van der Waals surface area contributed by atoms with E-state index in [1.54, 1.807) is 0 Å². The van der Waals surface area contributed by atoms with Gasteiger partial charge in [-0.1, -0.05) is 18.2 Å². The normalized spacial score (nSPS) is 9.00. The van der Waals surface area contributed by atoms with Crippen LogP contribution >= 0.6 is 0 Å². The van der Waals surface area contributed by atoms with Crippen molar-refractivity contribution in [3.63, 3.8) is 0 Å². The third-order valence-electron chi connectivity index (χ3n) is 1.46. The molecule has 0 saturated heterocycles.